The minimum absolute atomic E-state index is 0.144. The molecule has 0 saturated heterocycles. The van der Waals surface area contributed by atoms with Crippen LogP contribution in [0.5, 0.6) is 0 Å². The van der Waals surface area contributed by atoms with Gasteiger partial charge in [0, 0.05) is 18.1 Å². The van der Waals surface area contributed by atoms with E-state index in [2.05, 4.69) is 25.7 Å². The van der Waals surface area contributed by atoms with Crippen LogP contribution in [0.25, 0.3) is 0 Å². The average molecular weight is 334 g/mol. The van der Waals surface area contributed by atoms with Crippen molar-refractivity contribution in [3.63, 3.8) is 0 Å². The van der Waals surface area contributed by atoms with E-state index in [1.807, 2.05) is 26.2 Å². The maximum absolute atomic E-state index is 12.0. The van der Waals surface area contributed by atoms with Gasteiger partial charge < -0.3 is 15.5 Å². The summed E-state index contributed by atoms with van der Waals surface area (Å²) in [5.41, 5.74) is 0.891. The van der Waals surface area contributed by atoms with Crippen molar-refractivity contribution in [3.05, 3.63) is 47.0 Å². The quantitative estimate of drug-likeness (QED) is 0.813. The van der Waals surface area contributed by atoms with Gasteiger partial charge in [-0.2, -0.15) is 0 Å². The van der Waals surface area contributed by atoms with Gasteiger partial charge in [0.15, 0.2) is 5.82 Å². The lowest BCUT2D eigenvalue weighted by molar-refractivity contribution is -0.115. The van der Waals surface area contributed by atoms with Crippen LogP contribution in [0.3, 0.4) is 0 Å². The molecule has 0 fully saturated rings. The van der Waals surface area contributed by atoms with Gasteiger partial charge in [-0.15, -0.1) is 10.2 Å². The van der Waals surface area contributed by atoms with E-state index in [-0.39, 0.29) is 12.3 Å². The lowest BCUT2D eigenvalue weighted by Gasteiger charge is -2.10. The lowest BCUT2D eigenvalue weighted by atomic mass is 10.1. The molecule has 1 aromatic carbocycles. The first kappa shape index (κ1) is 17.2. The third-order valence-corrected chi connectivity index (χ3v) is 3.33. The van der Waals surface area contributed by atoms with E-state index >= 15 is 0 Å². The molecule has 0 aliphatic carbocycles. The topological polar surface area (TPSA) is 70.2 Å². The molecule has 7 heteroatoms. The molecule has 1 amide bonds. The van der Waals surface area contributed by atoms with Crippen LogP contribution in [0, 0.1) is 0 Å². The normalized spacial score (nSPS) is 10.6. The molecule has 0 saturated carbocycles. The number of halogens is 1. The Morgan fingerprint density at radius 2 is 1.74 bits per heavy atom. The maximum atomic E-state index is 12.0. The van der Waals surface area contributed by atoms with Gasteiger partial charge in [-0.1, -0.05) is 23.7 Å². The fraction of sp³-hybridized carbons (Fsp3) is 0.312. The van der Waals surface area contributed by atoms with Gasteiger partial charge in [0.05, 0.1) is 6.42 Å². The number of hydrogen-bond donors (Lipinski definition) is 2. The number of carbonyl (C=O) groups is 1. The van der Waals surface area contributed by atoms with Crippen LogP contribution < -0.4 is 10.6 Å². The molecule has 0 aliphatic rings. The molecule has 2 rings (SSSR count). The monoisotopic (exact) mass is 333 g/mol. The maximum Gasteiger partial charge on any atom is 0.229 e. The van der Waals surface area contributed by atoms with Crippen LogP contribution >= 0.6 is 11.6 Å². The Kier molecular flexibility index (Phi) is 6.31. The van der Waals surface area contributed by atoms with Gasteiger partial charge in [0.1, 0.15) is 5.82 Å². The minimum atomic E-state index is -0.144. The number of hydrogen-bond acceptors (Lipinski definition) is 5. The van der Waals surface area contributed by atoms with Crippen LogP contribution in [0.4, 0.5) is 11.6 Å². The molecule has 23 heavy (non-hydrogen) atoms. The molecule has 1 heterocycles. The zero-order valence-corrected chi connectivity index (χ0v) is 14.0. The molecule has 122 valence electrons. The number of carbonyl (C=O) groups excluding carboxylic acids is 1. The molecule has 0 radical (unpaired) electrons. The van der Waals surface area contributed by atoms with Crippen molar-refractivity contribution < 1.29 is 4.79 Å². The number of rotatable bonds is 7. The number of likely N-dealkylation sites (N-methyl/N-ethyl adjacent to an activating group) is 1. The Morgan fingerprint density at radius 3 is 2.35 bits per heavy atom. The van der Waals surface area contributed by atoms with Crippen LogP contribution in [0.2, 0.25) is 5.02 Å². The SMILES string of the molecule is CN(C)CCNc1ccc(NC(=O)Cc2ccc(Cl)cc2)nn1. The Hall–Kier alpha value is -2.18. The first-order chi connectivity index (χ1) is 11.0. The van der Waals surface area contributed by atoms with E-state index < -0.39 is 0 Å². The molecule has 0 atom stereocenters. The smallest absolute Gasteiger partial charge is 0.229 e. The highest BCUT2D eigenvalue weighted by molar-refractivity contribution is 6.30. The van der Waals surface area contributed by atoms with Crippen molar-refractivity contribution in [2.75, 3.05) is 37.8 Å². The second-order valence-electron chi connectivity index (χ2n) is 5.39. The average Bonchev–Trinajstić information content (AvgIpc) is 2.51. The second-order valence-corrected chi connectivity index (χ2v) is 5.82. The molecule has 0 aliphatic heterocycles. The van der Waals surface area contributed by atoms with Gasteiger partial charge in [-0.05, 0) is 43.9 Å². The fourth-order valence-electron chi connectivity index (χ4n) is 1.88. The molecule has 6 nitrogen and oxygen atoms in total. The highest BCUT2D eigenvalue weighted by atomic mass is 35.5. The van der Waals surface area contributed by atoms with Crippen molar-refractivity contribution in [2.24, 2.45) is 0 Å². The zero-order chi connectivity index (χ0) is 16.7. The van der Waals surface area contributed by atoms with Gasteiger partial charge >= 0.3 is 0 Å². The van der Waals surface area contributed by atoms with Crippen LogP contribution in [0.15, 0.2) is 36.4 Å². The molecular weight excluding hydrogens is 314 g/mol. The zero-order valence-electron chi connectivity index (χ0n) is 13.2. The van der Waals surface area contributed by atoms with Crippen molar-refractivity contribution in [1.29, 1.82) is 0 Å². The third-order valence-electron chi connectivity index (χ3n) is 3.08. The number of benzene rings is 1. The minimum Gasteiger partial charge on any atom is -0.367 e. The van der Waals surface area contributed by atoms with E-state index in [0.29, 0.717) is 16.7 Å². The summed E-state index contributed by atoms with van der Waals surface area (Å²) in [7, 11) is 4.01. The Labute approximate surface area is 140 Å². The van der Waals surface area contributed by atoms with E-state index in [4.69, 9.17) is 11.6 Å². The van der Waals surface area contributed by atoms with Crippen molar-refractivity contribution in [3.8, 4) is 0 Å². The molecule has 0 spiro atoms. The van der Waals surface area contributed by atoms with E-state index in [1.54, 1.807) is 24.3 Å². The standard InChI is InChI=1S/C16H20ClN5O/c1-22(2)10-9-18-14-7-8-15(21-20-14)19-16(23)11-12-3-5-13(17)6-4-12/h3-8H,9-11H2,1-2H3,(H,18,20)(H,19,21,23). The van der Waals surface area contributed by atoms with Gasteiger partial charge in [-0.25, -0.2) is 0 Å². The summed E-state index contributed by atoms with van der Waals surface area (Å²) in [6.07, 6.45) is 0.266. The van der Waals surface area contributed by atoms with Gasteiger partial charge in [0.25, 0.3) is 0 Å². The largest absolute Gasteiger partial charge is 0.367 e. The highest BCUT2D eigenvalue weighted by Crippen LogP contribution is 2.11. The van der Waals surface area contributed by atoms with Gasteiger partial charge in [0.2, 0.25) is 5.91 Å². The summed E-state index contributed by atoms with van der Waals surface area (Å²) >= 11 is 5.82. The predicted molar refractivity (Wildman–Crippen MR) is 92.9 cm³/mol. The second kappa shape index (κ2) is 8.45. The highest BCUT2D eigenvalue weighted by Gasteiger charge is 2.06. The third kappa shape index (κ3) is 6.22. The van der Waals surface area contributed by atoms with Crippen LogP contribution in [0.1, 0.15) is 5.56 Å². The molecule has 0 unspecified atom stereocenters. The number of aromatic nitrogens is 2. The summed E-state index contributed by atoms with van der Waals surface area (Å²) in [6, 6.07) is 10.7. The fourth-order valence-corrected chi connectivity index (χ4v) is 2.00. The molecular formula is C16H20ClN5O. The summed E-state index contributed by atoms with van der Waals surface area (Å²) in [5.74, 6) is 0.972. The summed E-state index contributed by atoms with van der Waals surface area (Å²) in [4.78, 5) is 14.0. The first-order valence-electron chi connectivity index (χ1n) is 7.29. The number of amides is 1. The number of nitrogens with one attached hydrogen (secondary N) is 2. The summed E-state index contributed by atoms with van der Waals surface area (Å²) in [5, 5.41) is 14.6. The van der Waals surface area contributed by atoms with Crippen molar-refractivity contribution >= 4 is 29.1 Å². The first-order valence-corrected chi connectivity index (χ1v) is 7.67. The van der Waals surface area contributed by atoms with Crippen molar-refractivity contribution in [1.82, 2.24) is 15.1 Å². The predicted octanol–water partition coefficient (Wildman–Crippen LogP) is 2.28. The Balaban J connectivity index is 1.82. The Morgan fingerprint density at radius 1 is 1.09 bits per heavy atom. The van der Waals surface area contributed by atoms with Crippen LogP contribution in [-0.4, -0.2) is 48.2 Å². The summed E-state index contributed by atoms with van der Waals surface area (Å²) < 4.78 is 0. The number of anilines is 2. The molecule has 2 aromatic rings. The van der Waals surface area contributed by atoms with E-state index in [0.717, 1.165) is 18.7 Å². The van der Waals surface area contributed by atoms with Gasteiger partial charge in [-0.3, -0.25) is 4.79 Å². The Bertz CT molecular complexity index is 628. The van der Waals surface area contributed by atoms with E-state index in [9.17, 15) is 4.79 Å². The summed E-state index contributed by atoms with van der Waals surface area (Å²) in [6.45, 7) is 1.69. The molecule has 0 bridgehead atoms. The van der Waals surface area contributed by atoms with E-state index in [1.165, 1.54) is 0 Å². The molecule has 1 aromatic heterocycles. The lowest BCUT2D eigenvalue weighted by Crippen LogP contribution is -2.21. The molecule has 2 N–H and O–H groups in total. The van der Waals surface area contributed by atoms with Crippen LogP contribution in [-0.2, 0) is 11.2 Å². The van der Waals surface area contributed by atoms with Crippen molar-refractivity contribution in [2.45, 2.75) is 6.42 Å². The number of nitrogens with zero attached hydrogens (tertiary/aromatic N) is 3.